The van der Waals surface area contributed by atoms with Crippen LogP contribution < -0.4 is 20.1 Å². The van der Waals surface area contributed by atoms with Crippen molar-refractivity contribution >= 4 is 11.8 Å². The molecular formula is C17H21N3O4. The van der Waals surface area contributed by atoms with Crippen LogP contribution in [0.5, 0.6) is 11.5 Å². The summed E-state index contributed by atoms with van der Waals surface area (Å²) in [5.41, 5.74) is 0.959. The van der Waals surface area contributed by atoms with Gasteiger partial charge in [-0.15, -0.1) is 0 Å². The summed E-state index contributed by atoms with van der Waals surface area (Å²) in [4.78, 5) is 12.2. The summed E-state index contributed by atoms with van der Waals surface area (Å²) in [5, 5.41) is 9.39. The van der Waals surface area contributed by atoms with Gasteiger partial charge in [-0.1, -0.05) is 25.1 Å². The molecule has 0 unspecified atom stereocenters. The highest BCUT2D eigenvalue weighted by molar-refractivity contribution is 5.88. The number of aryl methyl sites for hydroxylation is 1. The standard InChI is InChI=1S/C17H21N3O4/c1-10(2)16(19-17(21)18-15-8-11(3)24-20-15)12-4-5-13-14(9-12)23-7-6-22-13/h4-5,8-10,16H,6-7H2,1-3H3,(H2,18,19,20,21)/t16-/m1/s1. The summed E-state index contributed by atoms with van der Waals surface area (Å²) >= 11 is 0. The monoisotopic (exact) mass is 331 g/mol. The van der Waals surface area contributed by atoms with Gasteiger partial charge in [-0.2, -0.15) is 0 Å². The largest absolute Gasteiger partial charge is 0.486 e. The maximum atomic E-state index is 12.2. The molecule has 7 nitrogen and oxygen atoms in total. The summed E-state index contributed by atoms with van der Waals surface area (Å²) < 4.78 is 16.1. The summed E-state index contributed by atoms with van der Waals surface area (Å²) in [6, 6.07) is 6.89. The summed E-state index contributed by atoms with van der Waals surface area (Å²) in [5.74, 6) is 2.65. The molecule has 0 fully saturated rings. The van der Waals surface area contributed by atoms with E-state index in [0.717, 1.165) is 11.3 Å². The van der Waals surface area contributed by atoms with E-state index in [1.165, 1.54) is 0 Å². The Morgan fingerprint density at radius 2 is 1.92 bits per heavy atom. The van der Waals surface area contributed by atoms with E-state index in [2.05, 4.69) is 15.8 Å². The molecule has 24 heavy (non-hydrogen) atoms. The van der Waals surface area contributed by atoms with Crippen molar-refractivity contribution in [1.82, 2.24) is 10.5 Å². The molecule has 1 aromatic carbocycles. The van der Waals surface area contributed by atoms with Gasteiger partial charge in [0.1, 0.15) is 19.0 Å². The van der Waals surface area contributed by atoms with Gasteiger partial charge in [-0.3, -0.25) is 5.32 Å². The number of anilines is 1. The second-order valence-corrected chi connectivity index (χ2v) is 6.05. The van der Waals surface area contributed by atoms with Crippen LogP contribution in [0.2, 0.25) is 0 Å². The van der Waals surface area contributed by atoms with Crippen molar-refractivity contribution in [3.63, 3.8) is 0 Å². The number of nitrogens with zero attached hydrogens (tertiary/aromatic N) is 1. The molecule has 2 N–H and O–H groups in total. The smallest absolute Gasteiger partial charge is 0.320 e. The number of urea groups is 1. The van der Waals surface area contributed by atoms with Gasteiger partial charge >= 0.3 is 6.03 Å². The molecule has 0 aliphatic carbocycles. The molecule has 0 saturated carbocycles. The van der Waals surface area contributed by atoms with Gasteiger partial charge in [0, 0.05) is 6.07 Å². The van der Waals surface area contributed by atoms with Crippen LogP contribution in [-0.4, -0.2) is 24.4 Å². The quantitative estimate of drug-likeness (QED) is 0.898. The summed E-state index contributed by atoms with van der Waals surface area (Å²) in [6.07, 6.45) is 0. The maximum Gasteiger partial charge on any atom is 0.320 e. The van der Waals surface area contributed by atoms with E-state index < -0.39 is 0 Å². The van der Waals surface area contributed by atoms with Crippen LogP contribution in [0.15, 0.2) is 28.8 Å². The lowest BCUT2D eigenvalue weighted by atomic mass is 9.95. The Hall–Kier alpha value is -2.70. The summed E-state index contributed by atoms with van der Waals surface area (Å²) in [6.45, 7) is 6.94. The van der Waals surface area contributed by atoms with Gasteiger partial charge < -0.3 is 19.3 Å². The normalized spacial score (nSPS) is 14.3. The molecule has 0 radical (unpaired) electrons. The fraction of sp³-hybridized carbons (Fsp3) is 0.412. The number of hydrogen-bond donors (Lipinski definition) is 2. The van der Waals surface area contributed by atoms with Gasteiger partial charge in [0.15, 0.2) is 17.3 Å². The molecule has 1 atom stereocenters. The molecule has 2 heterocycles. The van der Waals surface area contributed by atoms with E-state index >= 15 is 0 Å². The minimum absolute atomic E-state index is 0.172. The second kappa shape index (κ2) is 6.82. The SMILES string of the molecule is Cc1cc(NC(=O)N[C@@H](c2ccc3c(c2)OCCO3)C(C)C)no1. The highest BCUT2D eigenvalue weighted by Gasteiger charge is 2.21. The van der Waals surface area contributed by atoms with Gasteiger partial charge in [0.2, 0.25) is 0 Å². The van der Waals surface area contributed by atoms with Crippen LogP contribution in [0, 0.1) is 12.8 Å². The predicted octanol–water partition coefficient (Wildman–Crippen LogP) is 3.27. The topological polar surface area (TPSA) is 85.6 Å². The average molecular weight is 331 g/mol. The Bertz CT molecular complexity index is 726. The third kappa shape index (κ3) is 3.61. The second-order valence-electron chi connectivity index (χ2n) is 6.05. The molecule has 128 valence electrons. The number of nitrogens with one attached hydrogen (secondary N) is 2. The van der Waals surface area contributed by atoms with Crippen LogP contribution in [0.4, 0.5) is 10.6 Å². The number of rotatable bonds is 4. The van der Waals surface area contributed by atoms with Crippen molar-refractivity contribution in [3.8, 4) is 11.5 Å². The minimum Gasteiger partial charge on any atom is -0.486 e. The van der Waals surface area contributed by atoms with Crippen molar-refractivity contribution in [2.24, 2.45) is 5.92 Å². The predicted molar refractivity (Wildman–Crippen MR) is 88.4 cm³/mol. The average Bonchev–Trinajstić information content (AvgIpc) is 2.96. The Morgan fingerprint density at radius 3 is 2.58 bits per heavy atom. The Morgan fingerprint density at radius 1 is 1.17 bits per heavy atom. The Kier molecular flexibility index (Phi) is 4.59. The molecule has 1 aliphatic heterocycles. The molecule has 0 saturated heterocycles. The first kappa shape index (κ1) is 16.2. The zero-order valence-corrected chi connectivity index (χ0v) is 14.0. The van der Waals surface area contributed by atoms with E-state index in [-0.39, 0.29) is 18.0 Å². The highest BCUT2D eigenvalue weighted by atomic mass is 16.6. The number of aromatic nitrogens is 1. The van der Waals surface area contributed by atoms with Crippen LogP contribution in [-0.2, 0) is 0 Å². The number of carbonyl (C=O) groups is 1. The molecule has 0 bridgehead atoms. The van der Waals surface area contributed by atoms with Crippen molar-refractivity contribution in [2.75, 3.05) is 18.5 Å². The lowest BCUT2D eigenvalue weighted by Gasteiger charge is -2.25. The number of hydrogen-bond acceptors (Lipinski definition) is 5. The number of amides is 2. The fourth-order valence-electron chi connectivity index (χ4n) is 2.61. The molecule has 1 aliphatic rings. The molecular weight excluding hydrogens is 310 g/mol. The molecule has 3 rings (SSSR count). The van der Waals surface area contributed by atoms with Crippen LogP contribution in [0.3, 0.4) is 0 Å². The van der Waals surface area contributed by atoms with Crippen molar-refractivity contribution in [2.45, 2.75) is 26.8 Å². The molecule has 7 heteroatoms. The first-order valence-electron chi connectivity index (χ1n) is 7.93. The Labute approximate surface area is 140 Å². The number of carbonyl (C=O) groups excluding carboxylic acids is 1. The first-order chi connectivity index (χ1) is 11.5. The van der Waals surface area contributed by atoms with Gasteiger partial charge in [-0.05, 0) is 30.5 Å². The van der Waals surface area contributed by atoms with Crippen LogP contribution >= 0.6 is 0 Å². The van der Waals surface area contributed by atoms with Crippen molar-refractivity contribution in [1.29, 1.82) is 0 Å². The third-order valence-corrected chi connectivity index (χ3v) is 3.75. The van der Waals surface area contributed by atoms with Gasteiger partial charge in [-0.25, -0.2) is 4.79 Å². The number of fused-ring (bicyclic) bond motifs is 1. The Balaban J connectivity index is 1.73. The lowest BCUT2D eigenvalue weighted by Crippen LogP contribution is -2.35. The molecule has 2 aromatic rings. The van der Waals surface area contributed by atoms with Crippen molar-refractivity contribution in [3.05, 3.63) is 35.6 Å². The molecule has 2 amide bonds. The molecule has 0 spiro atoms. The van der Waals surface area contributed by atoms with Crippen molar-refractivity contribution < 1.29 is 18.8 Å². The van der Waals surface area contributed by atoms with E-state index in [1.807, 2.05) is 32.0 Å². The van der Waals surface area contributed by atoms with Crippen LogP contribution in [0.25, 0.3) is 0 Å². The minimum atomic E-state index is -0.336. The van der Waals surface area contributed by atoms with E-state index in [9.17, 15) is 4.79 Å². The highest BCUT2D eigenvalue weighted by Crippen LogP contribution is 2.34. The van der Waals surface area contributed by atoms with Gasteiger partial charge in [0.05, 0.1) is 6.04 Å². The molecule has 1 aromatic heterocycles. The number of benzene rings is 1. The van der Waals surface area contributed by atoms with E-state index in [4.69, 9.17) is 14.0 Å². The zero-order valence-electron chi connectivity index (χ0n) is 14.0. The van der Waals surface area contributed by atoms with E-state index in [0.29, 0.717) is 30.5 Å². The van der Waals surface area contributed by atoms with Gasteiger partial charge in [0.25, 0.3) is 0 Å². The van der Waals surface area contributed by atoms with E-state index in [1.54, 1.807) is 13.0 Å². The maximum absolute atomic E-state index is 12.2. The lowest BCUT2D eigenvalue weighted by molar-refractivity contribution is 0.171. The number of ether oxygens (including phenoxy) is 2. The summed E-state index contributed by atoms with van der Waals surface area (Å²) in [7, 11) is 0. The third-order valence-electron chi connectivity index (χ3n) is 3.75. The van der Waals surface area contributed by atoms with Crippen LogP contribution in [0.1, 0.15) is 31.2 Å². The first-order valence-corrected chi connectivity index (χ1v) is 7.93. The fourth-order valence-corrected chi connectivity index (χ4v) is 2.61. The zero-order chi connectivity index (χ0) is 17.1.